The zero-order valence-electron chi connectivity index (χ0n) is 9.53. The molecule has 0 spiro atoms. The molecule has 4 heteroatoms. The Hall–Kier alpha value is -1.48. The van der Waals surface area contributed by atoms with Crippen molar-refractivity contribution in [3.63, 3.8) is 0 Å². The van der Waals surface area contributed by atoms with E-state index in [2.05, 4.69) is 0 Å². The lowest BCUT2D eigenvalue weighted by Gasteiger charge is -2.10. The van der Waals surface area contributed by atoms with E-state index in [1.54, 1.807) is 29.3 Å². The van der Waals surface area contributed by atoms with Crippen LogP contribution in [0, 0.1) is 0 Å². The van der Waals surface area contributed by atoms with Crippen LogP contribution in [-0.2, 0) is 9.53 Å². The summed E-state index contributed by atoms with van der Waals surface area (Å²) >= 11 is 5.88. The number of esters is 1. The zero-order chi connectivity index (χ0) is 12.1. The second-order valence-electron chi connectivity index (χ2n) is 3.51. The van der Waals surface area contributed by atoms with Crippen LogP contribution in [0.5, 0.6) is 0 Å². The Morgan fingerprint density at radius 3 is 2.62 bits per heavy atom. The second-order valence-corrected chi connectivity index (χ2v) is 3.94. The van der Waals surface area contributed by atoms with E-state index in [1.807, 2.05) is 20.2 Å². The molecule has 1 aromatic rings. The van der Waals surface area contributed by atoms with Gasteiger partial charge in [0, 0.05) is 25.3 Å². The van der Waals surface area contributed by atoms with Gasteiger partial charge in [-0.15, -0.1) is 0 Å². The molecule has 0 aliphatic rings. The number of methoxy groups -OCH3 is 1. The molecule has 3 nitrogen and oxygen atoms in total. The topological polar surface area (TPSA) is 29.5 Å². The van der Waals surface area contributed by atoms with Crippen LogP contribution in [0.2, 0.25) is 5.02 Å². The van der Waals surface area contributed by atoms with E-state index in [9.17, 15) is 4.79 Å². The maximum Gasteiger partial charge on any atom is 0.339 e. The summed E-state index contributed by atoms with van der Waals surface area (Å²) in [5, 5.41) is 0.589. The van der Waals surface area contributed by atoms with Crippen LogP contribution in [0.1, 0.15) is 5.56 Å². The van der Waals surface area contributed by atoms with Gasteiger partial charge in [-0.1, -0.05) is 23.7 Å². The number of ether oxygens (including phenoxy) is 1. The third kappa shape index (κ3) is 3.28. The SMILES string of the molecule is COC(=O)C(=CN(C)C)c1cccc(Cl)c1. The molecule has 0 amide bonds. The molecule has 0 fully saturated rings. The molecule has 0 unspecified atom stereocenters. The first kappa shape index (κ1) is 12.6. The van der Waals surface area contributed by atoms with Gasteiger partial charge in [0.1, 0.15) is 0 Å². The number of carbonyl (C=O) groups excluding carboxylic acids is 1. The molecule has 0 N–H and O–H groups in total. The van der Waals surface area contributed by atoms with E-state index in [0.717, 1.165) is 5.56 Å². The molecule has 0 saturated carbocycles. The fraction of sp³-hybridized carbons (Fsp3) is 0.250. The maximum atomic E-state index is 11.6. The lowest BCUT2D eigenvalue weighted by Crippen LogP contribution is -2.10. The van der Waals surface area contributed by atoms with Crippen molar-refractivity contribution in [3.8, 4) is 0 Å². The molecule has 0 aliphatic heterocycles. The van der Waals surface area contributed by atoms with Crippen LogP contribution in [0.3, 0.4) is 0 Å². The smallest absolute Gasteiger partial charge is 0.339 e. The molecule has 1 aromatic carbocycles. The Bertz CT molecular complexity index is 413. The van der Waals surface area contributed by atoms with E-state index in [1.165, 1.54) is 7.11 Å². The summed E-state index contributed by atoms with van der Waals surface area (Å²) in [6.45, 7) is 0. The van der Waals surface area contributed by atoms with E-state index in [0.29, 0.717) is 10.6 Å². The summed E-state index contributed by atoms with van der Waals surface area (Å²) in [7, 11) is 5.04. The number of hydrogen-bond donors (Lipinski definition) is 0. The van der Waals surface area contributed by atoms with Crippen molar-refractivity contribution in [3.05, 3.63) is 41.1 Å². The first-order chi connectivity index (χ1) is 7.54. The summed E-state index contributed by atoms with van der Waals surface area (Å²) in [6.07, 6.45) is 1.71. The van der Waals surface area contributed by atoms with Crippen LogP contribution >= 0.6 is 11.6 Å². The molecule has 0 bridgehead atoms. The summed E-state index contributed by atoms with van der Waals surface area (Å²) in [5.41, 5.74) is 1.23. The molecule has 0 radical (unpaired) electrons. The van der Waals surface area contributed by atoms with Gasteiger partial charge in [0.05, 0.1) is 12.7 Å². The molecule has 16 heavy (non-hydrogen) atoms. The van der Waals surface area contributed by atoms with E-state index >= 15 is 0 Å². The van der Waals surface area contributed by atoms with Crippen LogP contribution in [-0.4, -0.2) is 32.1 Å². The molecule has 0 aromatic heterocycles. The molecule has 0 atom stereocenters. The van der Waals surface area contributed by atoms with Crippen molar-refractivity contribution in [1.82, 2.24) is 4.90 Å². The molecule has 0 saturated heterocycles. The highest BCUT2D eigenvalue weighted by Crippen LogP contribution is 2.20. The minimum absolute atomic E-state index is 0.379. The van der Waals surface area contributed by atoms with Crippen LogP contribution in [0.15, 0.2) is 30.5 Å². The minimum Gasteiger partial charge on any atom is -0.465 e. The first-order valence-electron chi connectivity index (χ1n) is 4.77. The Kier molecular flexibility index (Phi) is 4.38. The van der Waals surface area contributed by atoms with Crippen molar-refractivity contribution in [2.75, 3.05) is 21.2 Å². The van der Waals surface area contributed by atoms with Crippen molar-refractivity contribution in [2.45, 2.75) is 0 Å². The summed E-state index contributed by atoms with van der Waals surface area (Å²) in [6, 6.07) is 7.10. The van der Waals surface area contributed by atoms with Gasteiger partial charge in [0.25, 0.3) is 0 Å². The van der Waals surface area contributed by atoms with Gasteiger partial charge in [-0.2, -0.15) is 0 Å². The number of benzene rings is 1. The standard InChI is InChI=1S/C12H14ClNO2/c1-14(2)8-11(12(15)16-3)9-5-4-6-10(13)7-9/h4-8H,1-3H3. The maximum absolute atomic E-state index is 11.6. The van der Waals surface area contributed by atoms with Gasteiger partial charge < -0.3 is 9.64 Å². The number of rotatable bonds is 3. The normalized spacial score (nSPS) is 11.1. The molecule has 0 aliphatic carbocycles. The summed E-state index contributed by atoms with van der Waals surface area (Å²) in [5.74, 6) is -0.379. The average Bonchev–Trinajstić information content (AvgIpc) is 2.24. The Balaban J connectivity index is 3.16. The molecule has 0 heterocycles. The van der Waals surface area contributed by atoms with Crippen LogP contribution in [0.25, 0.3) is 5.57 Å². The Labute approximate surface area is 100 Å². The van der Waals surface area contributed by atoms with Gasteiger partial charge in [-0.05, 0) is 17.7 Å². The Morgan fingerprint density at radius 2 is 2.12 bits per heavy atom. The molecular formula is C12H14ClNO2. The highest BCUT2D eigenvalue weighted by Gasteiger charge is 2.12. The number of hydrogen-bond acceptors (Lipinski definition) is 3. The van der Waals surface area contributed by atoms with E-state index in [4.69, 9.17) is 16.3 Å². The summed E-state index contributed by atoms with van der Waals surface area (Å²) < 4.78 is 4.73. The number of halogens is 1. The summed E-state index contributed by atoms with van der Waals surface area (Å²) in [4.78, 5) is 13.4. The third-order valence-electron chi connectivity index (χ3n) is 1.93. The van der Waals surface area contributed by atoms with Gasteiger partial charge in [-0.3, -0.25) is 0 Å². The highest BCUT2D eigenvalue weighted by molar-refractivity contribution is 6.31. The van der Waals surface area contributed by atoms with Crippen LogP contribution < -0.4 is 0 Å². The molecular weight excluding hydrogens is 226 g/mol. The Morgan fingerprint density at radius 1 is 1.44 bits per heavy atom. The predicted molar refractivity (Wildman–Crippen MR) is 65.1 cm³/mol. The predicted octanol–water partition coefficient (Wildman–Crippen LogP) is 2.42. The highest BCUT2D eigenvalue weighted by atomic mass is 35.5. The largest absolute Gasteiger partial charge is 0.465 e. The number of carbonyl (C=O) groups is 1. The van der Waals surface area contributed by atoms with Gasteiger partial charge >= 0.3 is 5.97 Å². The van der Waals surface area contributed by atoms with E-state index < -0.39 is 0 Å². The van der Waals surface area contributed by atoms with Crippen molar-refractivity contribution >= 4 is 23.1 Å². The van der Waals surface area contributed by atoms with Gasteiger partial charge in [0.2, 0.25) is 0 Å². The fourth-order valence-corrected chi connectivity index (χ4v) is 1.46. The first-order valence-corrected chi connectivity index (χ1v) is 5.15. The molecule has 86 valence electrons. The second kappa shape index (κ2) is 5.56. The van der Waals surface area contributed by atoms with Crippen molar-refractivity contribution < 1.29 is 9.53 Å². The fourth-order valence-electron chi connectivity index (χ4n) is 1.27. The van der Waals surface area contributed by atoms with E-state index in [-0.39, 0.29) is 5.97 Å². The number of nitrogens with zero attached hydrogens (tertiary/aromatic N) is 1. The lowest BCUT2D eigenvalue weighted by atomic mass is 10.1. The lowest BCUT2D eigenvalue weighted by molar-refractivity contribution is -0.133. The quantitative estimate of drug-likeness (QED) is 0.599. The zero-order valence-corrected chi connectivity index (χ0v) is 10.3. The van der Waals surface area contributed by atoms with Gasteiger partial charge in [-0.25, -0.2) is 4.79 Å². The average molecular weight is 240 g/mol. The van der Waals surface area contributed by atoms with Crippen molar-refractivity contribution in [1.29, 1.82) is 0 Å². The van der Waals surface area contributed by atoms with Gasteiger partial charge in [0.15, 0.2) is 0 Å². The molecule has 1 rings (SSSR count). The minimum atomic E-state index is -0.379. The van der Waals surface area contributed by atoms with Crippen LogP contribution in [0.4, 0.5) is 0 Å². The third-order valence-corrected chi connectivity index (χ3v) is 2.16. The monoisotopic (exact) mass is 239 g/mol. The van der Waals surface area contributed by atoms with Crippen molar-refractivity contribution in [2.24, 2.45) is 0 Å².